The Morgan fingerprint density at radius 2 is 2.06 bits per heavy atom. The molecule has 0 aliphatic carbocycles. The molecule has 1 aromatic rings. The van der Waals surface area contributed by atoms with Gasteiger partial charge in [0.2, 0.25) is 0 Å². The molecule has 2 amide bonds. The van der Waals surface area contributed by atoms with Crippen LogP contribution >= 0.6 is 11.6 Å². The maximum Gasteiger partial charge on any atom is 0.407 e. The third-order valence-electron chi connectivity index (χ3n) is 1.89. The van der Waals surface area contributed by atoms with E-state index in [9.17, 15) is 9.59 Å². The highest BCUT2D eigenvalue weighted by molar-refractivity contribution is 6.18. The summed E-state index contributed by atoms with van der Waals surface area (Å²) in [5.41, 5.74) is 0.335. The molecule has 0 saturated carbocycles. The van der Waals surface area contributed by atoms with Crippen LogP contribution in [-0.2, 0) is 4.74 Å². The largest absolute Gasteiger partial charge is 0.448 e. The Morgan fingerprint density at radius 3 is 2.72 bits per heavy atom. The number of alkyl halides is 1. The molecule has 0 aliphatic heterocycles. The fourth-order valence-electron chi connectivity index (χ4n) is 1.11. The van der Waals surface area contributed by atoms with Crippen molar-refractivity contribution >= 4 is 23.6 Å². The zero-order valence-electron chi connectivity index (χ0n) is 9.69. The van der Waals surface area contributed by atoms with Gasteiger partial charge in [0.25, 0.3) is 5.91 Å². The van der Waals surface area contributed by atoms with Crippen molar-refractivity contribution in [3.63, 3.8) is 0 Å². The number of carbonyl (C=O) groups is 2. The van der Waals surface area contributed by atoms with Crippen LogP contribution in [0.3, 0.4) is 0 Å². The second-order valence-electron chi connectivity index (χ2n) is 3.22. The molecule has 0 saturated heterocycles. The fraction of sp³-hybridized carbons (Fsp3) is 0.364. The summed E-state index contributed by atoms with van der Waals surface area (Å²) >= 11 is 5.35. The highest BCUT2D eigenvalue weighted by atomic mass is 35.5. The highest BCUT2D eigenvalue weighted by Crippen LogP contribution is 1.91. The summed E-state index contributed by atoms with van der Waals surface area (Å²) in [4.78, 5) is 26.4. The summed E-state index contributed by atoms with van der Waals surface area (Å²) in [6.07, 6.45) is 0.985. The molecular weight excluding hydrogens is 258 g/mol. The first-order valence-electron chi connectivity index (χ1n) is 5.40. The van der Waals surface area contributed by atoms with E-state index in [0.29, 0.717) is 12.2 Å². The van der Waals surface area contributed by atoms with Crippen molar-refractivity contribution in [3.05, 3.63) is 30.1 Å². The molecule has 0 atom stereocenters. The van der Waals surface area contributed by atoms with E-state index in [1.54, 1.807) is 18.2 Å². The van der Waals surface area contributed by atoms with E-state index in [0.717, 1.165) is 0 Å². The van der Waals surface area contributed by atoms with E-state index >= 15 is 0 Å². The average Bonchev–Trinajstić information content (AvgIpc) is 2.42. The molecule has 2 N–H and O–H groups in total. The lowest BCUT2D eigenvalue weighted by atomic mass is 10.3. The number of hydrogen-bond donors (Lipinski definition) is 2. The molecule has 0 spiro atoms. The van der Waals surface area contributed by atoms with Crippen LogP contribution in [0.15, 0.2) is 24.4 Å². The number of pyridine rings is 1. The summed E-state index contributed by atoms with van der Waals surface area (Å²) in [5, 5.41) is 5.08. The van der Waals surface area contributed by atoms with Crippen LogP contribution in [0.4, 0.5) is 4.79 Å². The number of rotatable bonds is 6. The van der Waals surface area contributed by atoms with Gasteiger partial charge in [0, 0.05) is 19.3 Å². The smallest absolute Gasteiger partial charge is 0.407 e. The summed E-state index contributed by atoms with van der Waals surface area (Å²) in [6.45, 7) is 0.735. The second-order valence-corrected chi connectivity index (χ2v) is 3.60. The maximum atomic E-state index is 11.5. The minimum absolute atomic E-state index is 0.160. The lowest BCUT2D eigenvalue weighted by Crippen LogP contribution is -2.35. The van der Waals surface area contributed by atoms with Crippen LogP contribution in [0.2, 0.25) is 0 Å². The van der Waals surface area contributed by atoms with E-state index in [1.165, 1.54) is 6.20 Å². The maximum absolute atomic E-state index is 11.5. The molecule has 0 bridgehead atoms. The molecule has 0 unspecified atom stereocenters. The quantitative estimate of drug-likeness (QED) is 0.592. The van der Waals surface area contributed by atoms with Gasteiger partial charge in [-0.2, -0.15) is 0 Å². The molecule has 0 fully saturated rings. The van der Waals surface area contributed by atoms with E-state index < -0.39 is 6.09 Å². The molecule has 6 nitrogen and oxygen atoms in total. The molecular formula is C11H14ClN3O3. The van der Waals surface area contributed by atoms with Crippen molar-refractivity contribution < 1.29 is 14.3 Å². The molecule has 98 valence electrons. The van der Waals surface area contributed by atoms with E-state index in [-0.39, 0.29) is 24.9 Å². The van der Waals surface area contributed by atoms with E-state index in [2.05, 4.69) is 20.4 Å². The Kier molecular flexibility index (Phi) is 6.56. The Bertz CT molecular complexity index is 386. The summed E-state index contributed by atoms with van der Waals surface area (Å²) in [5.74, 6) is -0.0318. The average molecular weight is 272 g/mol. The van der Waals surface area contributed by atoms with Crippen LogP contribution < -0.4 is 10.6 Å². The zero-order chi connectivity index (χ0) is 13.2. The summed E-state index contributed by atoms with van der Waals surface area (Å²) in [7, 11) is 0. The first-order valence-corrected chi connectivity index (χ1v) is 5.93. The van der Waals surface area contributed by atoms with Crippen LogP contribution in [0.1, 0.15) is 10.5 Å². The number of aromatic nitrogens is 1. The third-order valence-corrected chi connectivity index (χ3v) is 2.04. The van der Waals surface area contributed by atoms with Gasteiger partial charge in [-0.3, -0.25) is 9.78 Å². The first kappa shape index (κ1) is 14.2. The SMILES string of the molecule is O=C(NCCNC(=O)c1ccccn1)OCCCl. The minimum atomic E-state index is -0.553. The molecule has 0 radical (unpaired) electrons. The number of hydrogen-bond acceptors (Lipinski definition) is 4. The molecule has 1 rings (SSSR count). The fourth-order valence-corrected chi connectivity index (χ4v) is 1.19. The van der Waals surface area contributed by atoms with Crippen molar-refractivity contribution in [2.24, 2.45) is 0 Å². The number of alkyl carbamates (subject to hydrolysis) is 1. The van der Waals surface area contributed by atoms with Crippen LogP contribution in [0.25, 0.3) is 0 Å². The number of ether oxygens (including phenoxy) is 1. The van der Waals surface area contributed by atoms with Gasteiger partial charge in [0.1, 0.15) is 12.3 Å². The molecule has 7 heteroatoms. The lowest BCUT2D eigenvalue weighted by molar-refractivity contribution is 0.0947. The number of halogens is 1. The van der Waals surface area contributed by atoms with Crippen LogP contribution in [0, 0.1) is 0 Å². The Labute approximate surface area is 110 Å². The number of carbonyl (C=O) groups excluding carboxylic acids is 2. The van der Waals surface area contributed by atoms with Gasteiger partial charge >= 0.3 is 6.09 Å². The van der Waals surface area contributed by atoms with E-state index in [4.69, 9.17) is 11.6 Å². The topological polar surface area (TPSA) is 80.3 Å². The molecule has 0 aliphatic rings. The number of nitrogens with zero attached hydrogens (tertiary/aromatic N) is 1. The van der Waals surface area contributed by atoms with Crippen molar-refractivity contribution in [3.8, 4) is 0 Å². The van der Waals surface area contributed by atoms with Crippen molar-refractivity contribution in [1.82, 2.24) is 15.6 Å². The summed E-state index contributed by atoms with van der Waals surface area (Å²) < 4.78 is 4.68. The molecule has 1 heterocycles. The van der Waals surface area contributed by atoms with Gasteiger partial charge in [-0.1, -0.05) is 6.07 Å². The number of amides is 2. The van der Waals surface area contributed by atoms with Crippen molar-refractivity contribution in [2.75, 3.05) is 25.6 Å². The van der Waals surface area contributed by atoms with Gasteiger partial charge < -0.3 is 15.4 Å². The number of nitrogens with one attached hydrogen (secondary N) is 2. The Balaban J connectivity index is 2.15. The van der Waals surface area contributed by atoms with Crippen molar-refractivity contribution in [2.45, 2.75) is 0 Å². The highest BCUT2D eigenvalue weighted by Gasteiger charge is 2.05. The molecule has 0 aromatic carbocycles. The molecule has 18 heavy (non-hydrogen) atoms. The standard InChI is InChI=1S/C11H14ClN3O3/c12-4-8-18-11(17)15-7-6-14-10(16)9-3-1-2-5-13-9/h1-3,5H,4,6-8H2,(H,14,16)(H,15,17). The van der Waals surface area contributed by atoms with Gasteiger partial charge in [-0.15, -0.1) is 11.6 Å². The predicted molar refractivity (Wildman–Crippen MR) is 66.6 cm³/mol. The summed E-state index contributed by atoms with van der Waals surface area (Å²) in [6, 6.07) is 5.06. The second kappa shape index (κ2) is 8.30. The van der Waals surface area contributed by atoms with E-state index in [1.807, 2.05) is 0 Å². The lowest BCUT2D eigenvalue weighted by Gasteiger charge is -2.06. The van der Waals surface area contributed by atoms with Crippen molar-refractivity contribution in [1.29, 1.82) is 0 Å². The monoisotopic (exact) mass is 271 g/mol. The normalized spacial score (nSPS) is 9.61. The first-order chi connectivity index (χ1) is 8.74. The van der Waals surface area contributed by atoms with Gasteiger partial charge in [0.15, 0.2) is 0 Å². The Hall–Kier alpha value is -1.82. The third kappa shape index (κ3) is 5.49. The zero-order valence-corrected chi connectivity index (χ0v) is 10.4. The minimum Gasteiger partial charge on any atom is -0.448 e. The van der Waals surface area contributed by atoms with Crippen LogP contribution in [0.5, 0.6) is 0 Å². The van der Waals surface area contributed by atoms with Gasteiger partial charge in [0.05, 0.1) is 5.88 Å². The van der Waals surface area contributed by atoms with Gasteiger partial charge in [-0.05, 0) is 12.1 Å². The van der Waals surface area contributed by atoms with Crippen LogP contribution in [-0.4, -0.2) is 42.6 Å². The Morgan fingerprint density at radius 1 is 1.28 bits per heavy atom. The predicted octanol–water partition coefficient (Wildman–Crippen LogP) is 0.776. The molecule has 1 aromatic heterocycles. The van der Waals surface area contributed by atoms with Gasteiger partial charge in [-0.25, -0.2) is 4.79 Å².